The van der Waals surface area contributed by atoms with Crippen molar-refractivity contribution >= 4 is 15.9 Å². The first-order chi connectivity index (χ1) is 8.51. The SMILES string of the molecule is CCCCS(=O)(=O)N(CC(N)=NO)C1CCCC1. The molecule has 1 rings (SSSR count). The summed E-state index contributed by atoms with van der Waals surface area (Å²) in [6.45, 7) is 1.95. The molecule has 0 unspecified atom stereocenters. The van der Waals surface area contributed by atoms with Gasteiger partial charge in [0.05, 0.1) is 12.3 Å². The van der Waals surface area contributed by atoms with Crippen LogP contribution in [0.3, 0.4) is 0 Å². The fourth-order valence-electron chi connectivity index (χ4n) is 2.28. The maximum atomic E-state index is 12.3. The number of oxime groups is 1. The van der Waals surface area contributed by atoms with Crippen LogP contribution >= 0.6 is 0 Å². The lowest BCUT2D eigenvalue weighted by Crippen LogP contribution is -2.45. The van der Waals surface area contributed by atoms with Gasteiger partial charge in [0.25, 0.3) is 0 Å². The molecule has 1 aliphatic rings. The van der Waals surface area contributed by atoms with Crippen LogP contribution < -0.4 is 5.73 Å². The van der Waals surface area contributed by atoms with Crippen molar-refractivity contribution in [3.8, 4) is 0 Å². The van der Waals surface area contributed by atoms with Crippen LogP contribution in [0.15, 0.2) is 5.16 Å². The van der Waals surface area contributed by atoms with Gasteiger partial charge < -0.3 is 10.9 Å². The maximum absolute atomic E-state index is 12.3. The number of nitrogens with zero attached hydrogens (tertiary/aromatic N) is 2. The van der Waals surface area contributed by atoms with E-state index in [2.05, 4.69) is 5.16 Å². The van der Waals surface area contributed by atoms with E-state index in [9.17, 15) is 8.42 Å². The largest absolute Gasteiger partial charge is 0.409 e. The van der Waals surface area contributed by atoms with Crippen LogP contribution in [0.5, 0.6) is 0 Å². The van der Waals surface area contributed by atoms with Gasteiger partial charge in [0, 0.05) is 6.04 Å². The van der Waals surface area contributed by atoms with Crippen LogP contribution in [0.4, 0.5) is 0 Å². The quantitative estimate of drug-likeness (QED) is 0.315. The fraction of sp³-hybridized carbons (Fsp3) is 0.909. The van der Waals surface area contributed by atoms with Crippen molar-refractivity contribution in [2.45, 2.75) is 51.5 Å². The second-order valence-corrected chi connectivity index (χ2v) is 6.79. The molecule has 0 aromatic heterocycles. The molecule has 0 aromatic carbocycles. The number of sulfonamides is 1. The summed E-state index contributed by atoms with van der Waals surface area (Å²) < 4.78 is 25.9. The van der Waals surface area contributed by atoms with Gasteiger partial charge in [-0.25, -0.2) is 8.42 Å². The molecule has 18 heavy (non-hydrogen) atoms. The molecular formula is C11H23N3O3S. The molecule has 0 radical (unpaired) electrons. The van der Waals surface area contributed by atoms with Crippen molar-refractivity contribution in [1.29, 1.82) is 0 Å². The van der Waals surface area contributed by atoms with E-state index in [-0.39, 0.29) is 24.2 Å². The van der Waals surface area contributed by atoms with Crippen LogP contribution in [0, 0.1) is 0 Å². The molecule has 0 aliphatic heterocycles. The van der Waals surface area contributed by atoms with Gasteiger partial charge in [-0.15, -0.1) is 0 Å². The second-order valence-electron chi connectivity index (χ2n) is 4.74. The van der Waals surface area contributed by atoms with Crippen LogP contribution in [0.25, 0.3) is 0 Å². The summed E-state index contributed by atoms with van der Waals surface area (Å²) in [5.41, 5.74) is 5.46. The molecule has 106 valence electrons. The van der Waals surface area contributed by atoms with Crippen molar-refractivity contribution in [2.24, 2.45) is 10.9 Å². The molecule has 0 heterocycles. The molecule has 0 saturated heterocycles. The van der Waals surface area contributed by atoms with Crippen LogP contribution in [0.2, 0.25) is 0 Å². The van der Waals surface area contributed by atoms with Crippen molar-refractivity contribution in [3.05, 3.63) is 0 Å². The fourth-order valence-corrected chi connectivity index (χ4v) is 4.16. The van der Waals surface area contributed by atoms with Crippen LogP contribution in [0.1, 0.15) is 45.4 Å². The lowest BCUT2D eigenvalue weighted by atomic mass is 10.2. The van der Waals surface area contributed by atoms with Gasteiger partial charge >= 0.3 is 0 Å². The second kappa shape index (κ2) is 6.94. The highest BCUT2D eigenvalue weighted by Crippen LogP contribution is 2.26. The molecule has 1 aliphatic carbocycles. The van der Waals surface area contributed by atoms with Crippen molar-refractivity contribution in [2.75, 3.05) is 12.3 Å². The third-order valence-electron chi connectivity index (χ3n) is 3.29. The third kappa shape index (κ3) is 4.13. The number of nitrogens with two attached hydrogens (primary N) is 1. The van der Waals surface area contributed by atoms with Gasteiger partial charge in [0.15, 0.2) is 5.84 Å². The number of hydrogen-bond donors (Lipinski definition) is 2. The highest BCUT2D eigenvalue weighted by molar-refractivity contribution is 7.89. The molecule has 1 fully saturated rings. The van der Waals surface area contributed by atoms with Crippen molar-refractivity contribution in [3.63, 3.8) is 0 Å². The minimum absolute atomic E-state index is 0.00663. The smallest absolute Gasteiger partial charge is 0.214 e. The van der Waals surface area contributed by atoms with Crippen LogP contribution in [-0.4, -0.2) is 42.1 Å². The Hall–Kier alpha value is -0.820. The van der Waals surface area contributed by atoms with E-state index in [0.29, 0.717) is 6.42 Å². The highest BCUT2D eigenvalue weighted by Gasteiger charge is 2.32. The molecule has 7 heteroatoms. The first-order valence-corrected chi connectivity index (χ1v) is 8.08. The van der Waals surface area contributed by atoms with Gasteiger partial charge in [-0.2, -0.15) is 4.31 Å². The lowest BCUT2D eigenvalue weighted by Gasteiger charge is -2.27. The Morgan fingerprint density at radius 2 is 2.06 bits per heavy atom. The molecular weight excluding hydrogens is 254 g/mol. The summed E-state index contributed by atoms with van der Waals surface area (Å²) in [4.78, 5) is 0. The zero-order valence-electron chi connectivity index (χ0n) is 10.9. The standard InChI is InChI=1S/C11H23N3O3S/c1-2-3-8-18(16,17)14(9-11(12)13-15)10-6-4-5-7-10/h10,15H,2-9H2,1H3,(H2,12,13). The molecule has 0 amide bonds. The average Bonchev–Trinajstić information content (AvgIpc) is 2.86. The molecule has 3 N–H and O–H groups in total. The monoisotopic (exact) mass is 277 g/mol. The molecule has 1 saturated carbocycles. The van der Waals surface area contributed by atoms with E-state index in [1.165, 1.54) is 4.31 Å². The highest BCUT2D eigenvalue weighted by atomic mass is 32.2. The van der Waals surface area contributed by atoms with Gasteiger partial charge in [-0.3, -0.25) is 0 Å². The summed E-state index contributed by atoms with van der Waals surface area (Å²) in [6, 6.07) is 0.00663. The van der Waals surface area contributed by atoms with Gasteiger partial charge in [-0.1, -0.05) is 31.3 Å². The maximum Gasteiger partial charge on any atom is 0.214 e. The van der Waals surface area contributed by atoms with E-state index in [1.807, 2.05) is 6.92 Å². The first kappa shape index (κ1) is 15.2. The molecule has 0 spiro atoms. The van der Waals surface area contributed by atoms with Gasteiger partial charge in [0.1, 0.15) is 0 Å². The topological polar surface area (TPSA) is 96.0 Å². The summed E-state index contributed by atoms with van der Waals surface area (Å²) >= 11 is 0. The number of unbranched alkanes of at least 4 members (excludes halogenated alkanes) is 1. The van der Waals surface area contributed by atoms with Crippen molar-refractivity contribution in [1.82, 2.24) is 4.31 Å². The summed E-state index contributed by atoms with van der Waals surface area (Å²) in [7, 11) is -3.31. The normalized spacial score (nSPS) is 18.7. The van der Waals surface area contributed by atoms with Gasteiger partial charge in [-0.05, 0) is 19.3 Å². The lowest BCUT2D eigenvalue weighted by molar-refractivity contribution is 0.308. The summed E-state index contributed by atoms with van der Waals surface area (Å²) in [5.74, 6) is 0.0839. The minimum Gasteiger partial charge on any atom is -0.409 e. The van der Waals surface area contributed by atoms with E-state index in [4.69, 9.17) is 10.9 Å². The summed E-state index contributed by atoms with van der Waals surface area (Å²) in [5, 5.41) is 11.5. The number of amidine groups is 1. The minimum atomic E-state index is -3.31. The van der Waals surface area contributed by atoms with E-state index in [0.717, 1.165) is 32.1 Å². The van der Waals surface area contributed by atoms with Crippen molar-refractivity contribution < 1.29 is 13.6 Å². The summed E-state index contributed by atoms with van der Waals surface area (Å²) in [6.07, 6.45) is 5.29. The predicted octanol–water partition coefficient (Wildman–Crippen LogP) is 1.11. The Morgan fingerprint density at radius 3 is 2.56 bits per heavy atom. The Labute approximate surface area is 109 Å². The molecule has 0 aromatic rings. The Morgan fingerprint density at radius 1 is 1.44 bits per heavy atom. The van der Waals surface area contributed by atoms with E-state index >= 15 is 0 Å². The van der Waals surface area contributed by atoms with Crippen LogP contribution in [-0.2, 0) is 10.0 Å². The molecule has 0 bridgehead atoms. The Balaban J connectivity index is 2.81. The average molecular weight is 277 g/mol. The van der Waals surface area contributed by atoms with E-state index < -0.39 is 10.0 Å². The third-order valence-corrected chi connectivity index (χ3v) is 5.24. The zero-order valence-corrected chi connectivity index (χ0v) is 11.7. The van der Waals surface area contributed by atoms with E-state index in [1.54, 1.807) is 0 Å². The predicted molar refractivity (Wildman–Crippen MR) is 71.1 cm³/mol. The van der Waals surface area contributed by atoms with Gasteiger partial charge in [0.2, 0.25) is 10.0 Å². The number of rotatable bonds is 7. The first-order valence-electron chi connectivity index (χ1n) is 6.47. The Bertz CT molecular complexity index is 375. The molecule has 6 nitrogen and oxygen atoms in total. The zero-order chi connectivity index (χ0) is 13.6. The number of hydrogen-bond acceptors (Lipinski definition) is 4. The Kier molecular flexibility index (Phi) is 5.87. The molecule has 0 atom stereocenters.